The topological polar surface area (TPSA) is 158 Å². The Morgan fingerprint density at radius 3 is 2.53 bits per heavy atom. The summed E-state index contributed by atoms with van der Waals surface area (Å²) in [6, 6.07) is 5.40. The van der Waals surface area contributed by atoms with Crippen molar-refractivity contribution in [2.24, 2.45) is 4.99 Å². The lowest BCUT2D eigenvalue weighted by molar-refractivity contribution is 0.488. The summed E-state index contributed by atoms with van der Waals surface area (Å²) in [6.45, 7) is 10.5. The fourth-order valence-corrected chi connectivity index (χ4v) is 4.07. The number of anilines is 3. The molecule has 0 saturated heterocycles. The maximum absolute atomic E-state index is 15.1. The van der Waals surface area contributed by atoms with Gasteiger partial charge in [0.05, 0.1) is 5.69 Å². The van der Waals surface area contributed by atoms with E-state index < -0.39 is 20.2 Å². The van der Waals surface area contributed by atoms with Crippen LogP contribution in [0.15, 0.2) is 23.2 Å². The highest BCUT2D eigenvalue weighted by atomic mass is 28.4. The Morgan fingerprint density at radius 1 is 1.25 bits per heavy atom. The molecule has 1 aromatic carbocycles. The van der Waals surface area contributed by atoms with Crippen molar-refractivity contribution in [3.63, 3.8) is 0 Å². The molecule has 0 bridgehead atoms. The van der Waals surface area contributed by atoms with Gasteiger partial charge in [-0.1, -0.05) is 20.8 Å². The molecule has 0 amide bonds. The summed E-state index contributed by atoms with van der Waals surface area (Å²) in [6.07, 6.45) is 1.77. The Kier molecular flexibility index (Phi) is 5.72. The molecule has 2 aromatic rings. The average molecular weight is 453 g/mol. The van der Waals surface area contributed by atoms with E-state index in [0.717, 1.165) is 0 Å². The average Bonchev–Trinajstić information content (AvgIpc) is 2.68. The second-order valence-electron chi connectivity index (χ2n) is 8.95. The summed E-state index contributed by atoms with van der Waals surface area (Å²) < 4.78 is 21.4. The lowest BCUT2D eigenvalue weighted by Gasteiger charge is -2.36. The maximum Gasteiger partial charge on any atom is 0.250 e. The second kappa shape index (κ2) is 8.02. The number of aliphatic imine (C=N–C) groups is 1. The number of guanidine groups is 1. The molecule has 9 nitrogen and oxygen atoms in total. The van der Waals surface area contributed by atoms with Crippen LogP contribution in [0.3, 0.4) is 0 Å². The molecule has 0 saturated carbocycles. The molecular weight excluding hydrogens is 427 g/mol. The van der Waals surface area contributed by atoms with Gasteiger partial charge in [0.25, 0.3) is 0 Å². The van der Waals surface area contributed by atoms with Crippen molar-refractivity contribution in [2.75, 3.05) is 16.8 Å². The number of hydrogen-bond acceptors (Lipinski definition) is 9. The first kappa shape index (κ1) is 22.8. The number of nitrogens with two attached hydrogens (primary N) is 2. The third-order valence-electron chi connectivity index (χ3n) is 5.80. The summed E-state index contributed by atoms with van der Waals surface area (Å²) in [5.41, 5.74) is 12.6. The van der Waals surface area contributed by atoms with Crippen molar-refractivity contribution in [3.05, 3.63) is 40.7 Å². The van der Waals surface area contributed by atoms with Gasteiger partial charge in [0.15, 0.2) is 6.19 Å². The van der Waals surface area contributed by atoms with E-state index in [1.807, 2.05) is 6.07 Å². The molecule has 2 heterocycles. The largest absolute Gasteiger partial charge is 0.543 e. The van der Waals surface area contributed by atoms with Gasteiger partial charge in [-0.2, -0.15) is 10.5 Å². The Morgan fingerprint density at radius 2 is 1.94 bits per heavy atom. The number of benzene rings is 1. The number of nitrogen functional groups attached to an aromatic ring is 2. The summed E-state index contributed by atoms with van der Waals surface area (Å²) >= 11 is 0. The van der Waals surface area contributed by atoms with Gasteiger partial charge < -0.3 is 21.2 Å². The summed E-state index contributed by atoms with van der Waals surface area (Å²) in [4.78, 5) is 8.60. The van der Waals surface area contributed by atoms with E-state index in [9.17, 15) is 5.26 Å². The molecule has 1 aliphatic heterocycles. The van der Waals surface area contributed by atoms with Crippen molar-refractivity contribution in [1.82, 2.24) is 10.3 Å². The molecule has 0 fully saturated rings. The van der Waals surface area contributed by atoms with Gasteiger partial charge in [0.2, 0.25) is 14.3 Å². The number of nitrogens with zero attached hydrogens (tertiary/aromatic N) is 4. The predicted octanol–water partition coefficient (Wildman–Crippen LogP) is 3.58. The molecule has 11 heteroatoms. The minimum atomic E-state index is -2.19. The van der Waals surface area contributed by atoms with Crippen LogP contribution in [0.1, 0.15) is 43.5 Å². The monoisotopic (exact) mass is 452 g/mol. The molecule has 1 unspecified atom stereocenters. The van der Waals surface area contributed by atoms with E-state index in [2.05, 4.69) is 54.5 Å². The van der Waals surface area contributed by atoms with E-state index >= 15 is 4.39 Å². The molecule has 1 aromatic heterocycles. The lowest BCUT2D eigenvalue weighted by Crippen LogP contribution is -2.43. The van der Waals surface area contributed by atoms with E-state index in [1.54, 1.807) is 18.3 Å². The Hall–Kier alpha value is -3.83. The van der Waals surface area contributed by atoms with Crippen LogP contribution in [-0.2, 0) is 0 Å². The molecule has 6 N–H and O–H groups in total. The third-order valence-corrected chi connectivity index (χ3v) is 10.2. The SMILES string of the molecule is CC(C)(C)[Si](C)(C)Oc1ccc(F)c(C2N=C(NC#N)Nc3nc(N)c(C#N)c(N)c32)c1. The first-order valence-corrected chi connectivity index (χ1v) is 12.8. The van der Waals surface area contributed by atoms with Crippen LogP contribution in [0.2, 0.25) is 18.1 Å². The molecule has 0 aliphatic carbocycles. The quantitative estimate of drug-likeness (QED) is 0.312. The van der Waals surface area contributed by atoms with Crippen LogP contribution in [0.5, 0.6) is 5.75 Å². The molecule has 1 aliphatic rings. The fraction of sp³-hybridized carbons (Fsp3) is 0.333. The first-order valence-electron chi connectivity index (χ1n) is 9.87. The molecule has 3 rings (SSSR count). The third kappa shape index (κ3) is 4.03. The second-order valence-corrected chi connectivity index (χ2v) is 13.7. The zero-order valence-electron chi connectivity index (χ0n) is 18.5. The van der Waals surface area contributed by atoms with Gasteiger partial charge in [-0.05, 0) is 36.3 Å². The number of rotatable bonds is 3. The molecule has 0 radical (unpaired) electrons. The van der Waals surface area contributed by atoms with Crippen LogP contribution in [-0.4, -0.2) is 19.3 Å². The van der Waals surface area contributed by atoms with Gasteiger partial charge in [-0.3, -0.25) is 5.32 Å². The first-order chi connectivity index (χ1) is 14.9. The maximum atomic E-state index is 15.1. The normalized spacial score (nSPS) is 15.5. The highest BCUT2D eigenvalue weighted by Crippen LogP contribution is 2.43. The summed E-state index contributed by atoms with van der Waals surface area (Å²) in [5, 5.41) is 23.6. The minimum Gasteiger partial charge on any atom is -0.543 e. The van der Waals surface area contributed by atoms with Gasteiger partial charge in [-0.15, -0.1) is 0 Å². The number of nitrogens with one attached hydrogen (secondary N) is 2. The van der Waals surface area contributed by atoms with Gasteiger partial charge in [0.1, 0.15) is 40.9 Å². The number of pyridine rings is 1. The van der Waals surface area contributed by atoms with Gasteiger partial charge >= 0.3 is 0 Å². The van der Waals surface area contributed by atoms with Crippen LogP contribution in [0, 0.1) is 28.6 Å². The number of fused-ring (bicyclic) bond motifs is 1. The highest BCUT2D eigenvalue weighted by molar-refractivity contribution is 6.74. The van der Waals surface area contributed by atoms with Crippen molar-refractivity contribution in [2.45, 2.75) is 44.9 Å². The molecule has 0 spiro atoms. The van der Waals surface area contributed by atoms with E-state index in [0.29, 0.717) is 11.3 Å². The number of hydrogen-bond donors (Lipinski definition) is 4. The zero-order valence-corrected chi connectivity index (χ0v) is 19.5. The van der Waals surface area contributed by atoms with E-state index in [1.165, 1.54) is 6.07 Å². The highest BCUT2D eigenvalue weighted by Gasteiger charge is 2.39. The van der Waals surface area contributed by atoms with Crippen molar-refractivity contribution in [3.8, 4) is 18.0 Å². The van der Waals surface area contributed by atoms with Crippen molar-refractivity contribution in [1.29, 1.82) is 10.5 Å². The number of halogens is 1. The molecule has 32 heavy (non-hydrogen) atoms. The van der Waals surface area contributed by atoms with Crippen molar-refractivity contribution < 1.29 is 8.82 Å². The summed E-state index contributed by atoms with van der Waals surface area (Å²) in [7, 11) is -2.19. The number of aromatic nitrogens is 1. The van der Waals surface area contributed by atoms with Crippen LogP contribution in [0.4, 0.5) is 21.7 Å². The Balaban J connectivity index is 2.19. The summed E-state index contributed by atoms with van der Waals surface area (Å²) in [5.74, 6) is 0.118. The lowest BCUT2D eigenvalue weighted by atomic mass is 9.94. The minimum absolute atomic E-state index is 0.0171. The van der Waals surface area contributed by atoms with Gasteiger partial charge in [-0.25, -0.2) is 14.4 Å². The number of nitriles is 2. The molecule has 166 valence electrons. The van der Waals surface area contributed by atoms with Crippen LogP contribution in [0.25, 0.3) is 0 Å². The molecular formula is C21H25FN8OSi. The van der Waals surface area contributed by atoms with Crippen LogP contribution < -0.4 is 26.5 Å². The Labute approximate surface area is 187 Å². The smallest absolute Gasteiger partial charge is 0.250 e. The standard InChI is InChI=1S/C21H25FN8OSi/c1-21(2,3)32(4,5)31-11-6-7-14(22)12(8-11)17-15-16(25)13(9-23)18(26)29-19(15)30-20(28-17)27-10-24/h6-8,17H,1-5H3,(H6,25,26,27,28,29,30). The predicted molar refractivity (Wildman–Crippen MR) is 124 cm³/mol. The van der Waals surface area contributed by atoms with Crippen molar-refractivity contribution >= 4 is 31.6 Å². The zero-order chi connectivity index (χ0) is 23.8. The van der Waals surface area contributed by atoms with Gasteiger partial charge in [0, 0.05) is 11.1 Å². The fourth-order valence-electron chi connectivity index (χ4n) is 3.05. The Bertz CT molecular complexity index is 1190. The molecule has 1 atom stereocenters. The van der Waals surface area contributed by atoms with Crippen LogP contribution >= 0.6 is 0 Å². The van der Waals surface area contributed by atoms with E-state index in [-0.39, 0.29) is 39.4 Å². The van der Waals surface area contributed by atoms with E-state index in [4.69, 9.17) is 21.2 Å².